The van der Waals surface area contributed by atoms with Crippen molar-refractivity contribution < 1.29 is 32.5 Å². The molecule has 0 radical (unpaired) electrons. The number of hydrogen-bond donors (Lipinski definition) is 0. The number of likely N-dealkylation sites (tertiary alicyclic amines) is 1. The van der Waals surface area contributed by atoms with Crippen LogP contribution in [0.2, 0.25) is 0 Å². The van der Waals surface area contributed by atoms with E-state index in [2.05, 4.69) is 14.5 Å². The zero-order chi connectivity index (χ0) is 31.2. The molecule has 45 heavy (non-hydrogen) atoms. The van der Waals surface area contributed by atoms with Gasteiger partial charge in [0.25, 0.3) is 0 Å². The normalized spacial score (nSPS) is 22.0. The lowest BCUT2D eigenvalue weighted by atomic mass is 10.1. The first-order chi connectivity index (χ1) is 21.9. The van der Waals surface area contributed by atoms with E-state index in [4.69, 9.17) is 29.2 Å². The van der Waals surface area contributed by atoms with Crippen molar-refractivity contribution in [2.45, 2.75) is 38.1 Å². The molecule has 10 nitrogen and oxygen atoms in total. The number of methoxy groups -OCH3 is 2. The van der Waals surface area contributed by atoms with Gasteiger partial charge in [0.15, 0.2) is 0 Å². The van der Waals surface area contributed by atoms with Crippen LogP contribution in [-0.4, -0.2) is 65.4 Å². The fourth-order valence-electron chi connectivity index (χ4n) is 6.57. The van der Waals surface area contributed by atoms with Crippen molar-refractivity contribution in [2.75, 3.05) is 33.9 Å². The molecule has 1 saturated carbocycles. The van der Waals surface area contributed by atoms with Gasteiger partial charge in [0.2, 0.25) is 5.88 Å². The van der Waals surface area contributed by atoms with Crippen molar-refractivity contribution in [1.29, 1.82) is 5.26 Å². The summed E-state index contributed by atoms with van der Waals surface area (Å²) in [6, 6.07) is 12.3. The average Bonchev–Trinajstić information content (AvgIpc) is 3.33. The summed E-state index contributed by atoms with van der Waals surface area (Å²) >= 11 is 0. The maximum Gasteiger partial charge on any atom is 0.338 e. The second kappa shape index (κ2) is 11.7. The van der Waals surface area contributed by atoms with Gasteiger partial charge < -0.3 is 23.5 Å². The number of pyridine rings is 1. The number of hydrogen-bond acceptors (Lipinski definition) is 9. The number of benzene rings is 2. The standard InChI is InChI=1S/C33H31F2N5O5/c1-42-27-11-20(33(41)43-2)10-26-32(27)37-28(40(26)13-21-7-8-44-21)16-39-14-22-23(15-39)30(22)31-24(34)5-6-29(38-31)45-17-19-4-3-18(12-36)9-25(19)35/h3-6,9-11,21-23,30H,7-8,13-17H2,1-2H3/t21?,22-,23+,30?. The number of piperidine rings is 1. The van der Waals surface area contributed by atoms with Crippen LogP contribution in [0.4, 0.5) is 8.78 Å². The van der Waals surface area contributed by atoms with Gasteiger partial charge in [-0.2, -0.15) is 5.26 Å². The van der Waals surface area contributed by atoms with E-state index in [1.165, 1.54) is 31.4 Å². The summed E-state index contributed by atoms with van der Waals surface area (Å²) in [6.45, 7) is 3.34. The van der Waals surface area contributed by atoms with Crippen molar-refractivity contribution in [1.82, 2.24) is 19.4 Å². The Morgan fingerprint density at radius 1 is 1.09 bits per heavy atom. The topological polar surface area (TPSA) is 112 Å². The molecule has 12 heteroatoms. The highest BCUT2D eigenvalue weighted by atomic mass is 19.1. The summed E-state index contributed by atoms with van der Waals surface area (Å²) in [4.78, 5) is 24.1. The monoisotopic (exact) mass is 615 g/mol. The number of imidazole rings is 1. The predicted molar refractivity (Wildman–Crippen MR) is 157 cm³/mol. The van der Waals surface area contributed by atoms with Crippen LogP contribution in [0.25, 0.3) is 11.0 Å². The minimum atomic E-state index is -0.538. The first-order valence-electron chi connectivity index (χ1n) is 14.8. The number of nitrogens with zero attached hydrogens (tertiary/aromatic N) is 5. The second-order valence-corrected chi connectivity index (χ2v) is 11.7. The van der Waals surface area contributed by atoms with Gasteiger partial charge >= 0.3 is 5.97 Å². The number of carbonyl (C=O) groups excluding carboxylic acids is 1. The van der Waals surface area contributed by atoms with E-state index in [1.54, 1.807) is 19.2 Å². The quantitative estimate of drug-likeness (QED) is 0.237. The van der Waals surface area contributed by atoms with Crippen LogP contribution in [0.5, 0.6) is 11.6 Å². The molecule has 1 aliphatic carbocycles. The summed E-state index contributed by atoms with van der Waals surface area (Å²) in [5.74, 6) is 0.652. The Balaban J connectivity index is 1.06. The van der Waals surface area contributed by atoms with Crippen molar-refractivity contribution in [3.05, 3.63) is 82.3 Å². The summed E-state index contributed by atoms with van der Waals surface area (Å²) < 4.78 is 53.3. The fraction of sp³-hybridized carbons (Fsp3) is 0.394. The van der Waals surface area contributed by atoms with E-state index in [-0.39, 0.29) is 53.3 Å². The van der Waals surface area contributed by atoms with Crippen LogP contribution in [-0.2, 0) is 29.2 Å². The van der Waals surface area contributed by atoms with E-state index < -0.39 is 11.8 Å². The number of rotatable bonds is 10. The van der Waals surface area contributed by atoms with Crippen LogP contribution < -0.4 is 9.47 Å². The first-order valence-corrected chi connectivity index (χ1v) is 14.8. The minimum absolute atomic E-state index is 0.0265. The number of fused-ring (bicyclic) bond motifs is 2. The Labute approximate surface area is 258 Å². The van der Waals surface area contributed by atoms with Crippen LogP contribution in [0, 0.1) is 34.8 Å². The van der Waals surface area contributed by atoms with E-state index in [9.17, 15) is 13.6 Å². The lowest BCUT2D eigenvalue weighted by Gasteiger charge is -2.28. The van der Waals surface area contributed by atoms with Gasteiger partial charge in [-0.1, -0.05) is 6.07 Å². The molecule has 2 aromatic carbocycles. The molecule has 3 aliphatic rings. The molecule has 2 saturated heterocycles. The van der Waals surface area contributed by atoms with Crippen LogP contribution in [0.1, 0.15) is 45.3 Å². The molecule has 4 aromatic rings. The van der Waals surface area contributed by atoms with Gasteiger partial charge in [-0.05, 0) is 48.6 Å². The Morgan fingerprint density at radius 3 is 2.56 bits per heavy atom. The smallest absolute Gasteiger partial charge is 0.338 e. The number of aromatic nitrogens is 3. The number of nitriles is 1. The average molecular weight is 616 g/mol. The van der Waals surface area contributed by atoms with Crippen molar-refractivity contribution in [3.63, 3.8) is 0 Å². The third-order valence-electron chi connectivity index (χ3n) is 9.07. The number of ether oxygens (including phenoxy) is 4. The summed E-state index contributed by atoms with van der Waals surface area (Å²) in [6.07, 6.45) is 1.02. The molecular weight excluding hydrogens is 584 g/mol. The summed E-state index contributed by atoms with van der Waals surface area (Å²) in [5, 5.41) is 8.95. The molecule has 2 aromatic heterocycles. The third kappa shape index (κ3) is 5.47. The Bertz CT molecular complexity index is 1820. The molecule has 0 amide bonds. The maximum atomic E-state index is 14.9. The summed E-state index contributed by atoms with van der Waals surface area (Å²) in [5.41, 5.74) is 2.73. The van der Waals surface area contributed by atoms with Gasteiger partial charge in [-0.15, -0.1) is 0 Å². The second-order valence-electron chi connectivity index (χ2n) is 11.7. The lowest BCUT2D eigenvalue weighted by Crippen LogP contribution is -2.33. The summed E-state index contributed by atoms with van der Waals surface area (Å²) in [7, 11) is 2.90. The predicted octanol–water partition coefficient (Wildman–Crippen LogP) is 4.59. The van der Waals surface area contributed by atoms with Crippen LogP contribution in [0.3, 0.4) is 0 Å². The molecule has 2 aliphatic heterocycles. The molecule has 4 heterocycles. The zero-order valence-electron chi connectivity index (χ0n) is 24.8. The number of esters is 1. The maximum absolute atomic E-state index is 14.9. The molecule has 0 N–H and O–H groups in total. The Morgan fingerprint density at radius 2 is 1.89 bits per heavy atom. The molecule has 0 spiro atoms. The highest BCUT2D eigenvalue weighted by Crippen LogP contribution is 2.58. The Hall–Kier alpha value is -4.60. The molecule has 4 atom stereocenters. The van der Waals surface area contributed by atoms with E-state index in [1.807, 2.05) is 6.07 Å². The van der Waals surface area contributed by atoms with Gasteiger partial charge in [0.1, 0.15) is 35.3 Å². The first kappa shape index (κ1) is 29.1. The largest absolute Gasteiger partial charge is 0.494 e. The van der Waals surface area contributed by atoms with E-state index >= 15 is 0 Å². The highest BCUT2D eigenvalue weighted by Gasteiger charge is 2.58. The van der Waals surface area contributed by atoms with Gasteiger partial charge in [-0.3, -0.25) is 4.90 Å². The van der Waals surface area contributed by atoms with Gasteiger partial charge in [0, 0.05) is 37.2 Å². The third-order valence-corrected chi connectivity index (χ3v) is 9.07. The van der Waals surface area contributed by atoms with Crippen molar-refractivity contribution >= 4 is 17.0 Å². The Kier molecular flexibility index (Phi) is 7.59. The highest BCUT2D eigenvalue weighted by molar-refractivity contribution is 5.96. The zero-order valence-corrected chi connectivity index (χ0v) is 24.8. The molecule has 3 fully saturated rings. The lowest BCUT2D eigenvalue weighted by molar-refractivity contribution is -0.0591. The number of halogens is 2. The van der Waals surface area contributed by atoms with E-state index in [0.29, 0.717) is 35.6 Å². The van der Waals surface area contributed by atoms with Crippen molar-refractivity contribution in [2.24, 2.45) is 11.8 Å². The fourth-order valence-corrected chi connectivity index (χ4v) is 6.57. The minimum Gasteiger partial charge on any atom is -0.494 e. The van der Waals surface area contributed by atoms with Crippen LogP contribution >= 0.6 is 0 Å². The van der Waals surface area contributed by atoms with Crippen molar-refractivity contribution in [3.8, 4) is 17.7 Å². The number of carbonyl (C=O) groups is 1. The van der Waals surface area contributed by atoms with Gasteiger partial charge in [0.05, 0.1) is 61.8 Å². The molecule has 2 unspecified atom stereocenters. The SMILES string of the molecule is COC(=O)c1cc(OC)c2nc(CN3C[C@@H]4C(c5nc(OCc6ccc(C#N)cc6F)ccc5F)[C@@H]4C3)n(CC3CCO3)c2c1. The molecular formula is C33H31F2N5O5. The van der Waals surface area contributed by atoms with Crippen LogP contribution in [0.15, 0.2) is 42.5 Å². The molecule has 7 rings (SSSR count). The molecule has 232 valence electrons. The van der Waals surface area contributed by atoms with Gasteiger partial charge in [-0.25, -0.2) is 23.5 Å². The van der Waals surface area contributed by atoms with E-state index in [0.717, 1.165) is 43.5 Å². The molecule has 0 bridgehead atoms.